The molecule has 0 spiro atoms. The highest BCUT2D eigenvalue weighted by atomic mass is 16.5. The van der Waals surface area contributed by atoms with Crippen molar-refractivity contribution in [3.8, 4) is 28.5 Å². The highest BCUT2D eigenvalue weighted by Crippen LogP contribution is 2.40. The van der Waals surface area contributed by atoms with Gasteiger partial charge >= 0.3 is 0 Å². The Morgan fingerprint density at radius 1 is 0.963 bits per heavy atom. The van der Waals surface area contributed by atoms with Gasteiger partial charge in [-0.3, -0.25) is 9.89 Å². The number of carbonyl (C=O) groups excluding carboxylic acids is 1. The normalized spacial score (nSPS) is 15.2. The van der Waals surface area contributed by atoms with Gasteiger partial charge in [0, 0.05) is 11.1 Å². The average molecular weight is 365 g/mol. The Morgan fingerprint density at radius 2 is 1.78 bits per heavy atom. The summed E-state index contributed by atoms with van der Waals surface area (Å²) in [5, 5.41) is 10.3. The quantitative estimate of drug-likeness (QED) is 0.726. The SMILES string of the molecule is COc1cccc(-c2n[nH]c3c2C(c2ccc(OC)c(OC)c2)NC3=O)c1. The van der Waals surface area contributed by atoms with Crippen LogP contribution in [0.2, 0.25) is 0 Å². The van der Waals surface area contributed by atoms with Crippen LogP contribution >= 0.6 is 0 Å². The molecule has 1 atom stereocenters. The van der Waals surface area contributed by atoms with E-state index in [9.17, 15) is 4.79 Å². The molecule has 0 aliphatic carbocycles. The Kier molecular flexibility index (Phi) is 4.19. The van der Waals surface area contributed by atoms with E-state index in [0.717, 1.165) is 22.4 Å². The fraction of sp³-hybridized carbons (Fsp3) is 0.200. The molecular formula is C20H19N3O4. The Bertz CT molecular complexity index is 1010. The number of amides is 1. The molecule has 138 valence electrons. The molecule has 2 heterocycles. The topological polar surface area (TPSA) is 85.5 Å². The van der Waals surface area contributed by atoms with Crippen molar-refractivity contribution in [2.45, 2.75) is 6.04 Å². The molecule has 1 aliphatic heterocycles. The second-order valence-electron chi connectivity index (χ2n) is 6.11. The monoisotopic (exact) mass is 365 g/mol. The number of hydrogen-bond acceptors (Lipinski definition) is 5. The molecule has 7 heteroatoms. The van der Waals surface area contributed by atoms with Crippen LogP contribution in [0, 0.1) is 0 Å². The van der Waals surface area contributed by atoms with Crippen LogP contribution in [0.1, 0.15) is 27.7 Å². The van der Waals surface area contributed by atoms with Gasteiger partial charge in [0.1, 0.15) is 11.4 Å². The molecule has 0 radical (unpaired) electrons. The lowest BCUT2D eigenvalue weighted by atomic mass is 9.96. The summed E-state index contributed by atoms with van der Waals surface area (Å²) < 4.78 is 16.0. The summed E-state index contributed by atoms with van der Waals surface area (Å²) in [6.45, 7) is 0. The Hall–Kier alpha value is -3.48. The third-order valence-corrected chi connectivity index (χ3v) is 4.68. The lowest BCUT2D eigenvalue weighted by Gasteiger charge is -2.16. The molecule has 0 saturated heterocycles. The maximum atomic E-state index is 12.4. The number of methoxy groups -OCH3 is 3. The van der Waals surface area contributed by atoms with Crippen molar-refractivity contribution < 1.29 is 19.0 Å². The van der Waals surface area contributed by atoms with Gasteiger partial charge in [0.2, 0.25) is 0 Å². The summed E-state index contributed by atoms with van der Waals surface area (Å²) >= 11 is 0. The Morgan fingerprint density at radius 3 is 2.52 bits per heavy atom. The second kappa shape index (κ2) is 6.68. The Balaban J connectivity index is 1.82. The highest BCUT2D eigenvalue weighted by molar-refractivity contribution is 6.00. The minimum absolute atomic E-state index is 0.188. The number of hydrogen-bond donors (Lipinski definition) is 2. The van der Waals surface area contributed by atoms with Crippen molar-refractivity contribution in [3.63, 3.8) is 0 Å². The fourth-order valence-corrected chi connectivity index (χ4v) is 3.35. The van der Waals surface area contributed by atoms with Crippen LogP contribution in [-0.4, -0.2) is 37.4 Å². The number of benzene rings is 2. The van der Waals surface area contributed by atoms with Gasteiger partial charge in [-0.1, -0.05) is 18.2 Å². The van der Waals surface area contributed by atoms with E-state index < -0.39 is 0 Å². The summed E-state index contributed by atoms with van der Waals surface area (Å²) in [7, 11) is 4.79. The molecule has 3 aromatic rings. The molecule has 1 unspecified atom stereocenters. The van der Waals surface area contributed by atoms with Gasteiger partial charge in [-0.05, 0) is 29.8 Å². The Labute approximate surface area is 156 Å². The average Bonchev–Trinajstić information content (AvgIpc) is 3.29. The molecule has 1 amide bonds. The number of fused-ring (bicyclic) bond motifs is 1. The molecule has 0 fully saturated rings. The summed E-state index contributed by atoms with van der Waals surface area (Å²) in [6, 6.07) is 12.8. The zero-order valence-electron chi connectivity index (χ0n) is 15.2. The summed E-state index contributed by atoms with van der Waals surface area (Å²) in [4.78, 5) is 12.4. The molecule has 4 rings (SSSR count). The van der Waals surface area contributed by atoms with Crippen LogP contribution in [0.15, 0.2) is 42.5 Å². The molecule has 0 bridgehead atoms. The van der Waals surface area contributed by atoms with Gasteiger partial charge in [0.05, 0.1) is 33.1 Å². The van der Waals surface area contributed by atoms with Crippen LogP contribution in [0.4, 0.5) is 0 Å². The van der Waals surface area contributed by atoms with Crippen LogP contribution < -0.4 is 19.5 Å². The van der Waals surface area contributed by atoms with Gasteiger partial charge in [0.25, 0.3) is 5.91 Å². The maximum Gasteiger partial charge on any atom is 0.270 e. The fourth-order valence-electron chi connectivity index (χ4n) is 3.35. The predicted octanol–water partition coefficient (Wildman–Crippen LogP) is 2.94. The molecule has 1 aromatic heterocycles. The first-order valence-corrected chi connectivity index (χ1v) is 8.41. The smallest absolute Gasteiger partial charge is 0.270 e. The van der Waals surface area contributed by atoms with E-state index in [1.54, 1.807) is 21.3 Å². The van der Waals surface area contributed by atoms with E-state index in [4.69, 9.17) is 14.2 Å². The summed E-state index contributed by atoms with van der Waals surface area (Å²) in [5.41, 5.74) is 3.73. The minimum atomic E-state index is -0.341. The molecule has 2 aromatic carbocycles. The highest BCUT2D eigenvalue weighted by Gasteiger charge is 2.35. The van der Waals surface area contributed by atoms with Crippen molar-refractivity contribution in [2.75, 3.05) is 21.3 Å². The third-order valence-electron chi connectivity index (χ3n) is 4.68. The predicted molar refractivity (Wildman–Crippen MR) is 99.4 cm³/mol. The molecule has 0 saturated carbocycles. The van der Waals surface area contributed by atoms with Gasteiger partial charge < -0.3 is 19.5 Å². The number of nitrogens with one attached hydrogen (secondary N) is 2. The first-order valence-electron chi connectivity index (χ1n) is 8.41. The van der Waals surface area contributed by atoms with E-state index in [-0.39, 0.29) is 11.9 Å². The van der Waals surface area contributed by atoms with E-state index in [0.29, 0.717) is 22.9 Å². The maximum absolute atomic E-state index is 12.4. The molecular weight excluding hydrogens is 346 g/mol. The number of aromatic amines is 1. The largest absolute Gasteiger partial charge is 0.497 e. The van der Waals surface area contributed by atoms with E-state index in [1.807, 2.05) is 42.5 Å². The second-order valence-corrected chi connectivity index (χ2v) is 6.11. The number of ether oxygens (including phenoxy) is 3. The standard InChI is InChI=1S/C20H19N3O4/c1-25-13-6-4-5-11(9-13)18-16-17(21-20(24)19(16)23-22-18)12-7-8-14(26-2)15(10-12)27-3/h4-10,17H,1-3H3,(H,21,24)(H,22,23). The molecule has 1 aliphatic rings. The number of H-pyrrole nitrogens is 1. The van der Waals surface area contributed by atoms with Gasteiger partial charge in [-0.25, -0.2) is 0 Å². The number of carbonyl (C=O) groups is 1. The zero-order chi connectivity index (χ0) is 19.0. The van der Waals surface area contributed by atoms with Gasteiger partial charge in [-0.2, -0.15) is 5.10 Å². The van der Waals surface area contributed by atoms with Crippen molar-refractivity contribution in [2.24, 2.45) is 0 Å². The van der Waals surface area contributed by atoms with Crippen LogP contribution in [0.25, 0.3) is 11.3 Å². The summed E-state index contributed by atoms with van der Waals surface area (Å²) in [5.74, 6) is 1.77. The van der Waals surface area contributed by atoms with Crippen molar-refractivity contribution in [1.82, 2.24) is 15.5 Å². The number of aromatic nitrogens is 2. The van der Waals surface area contributed by atoms with Crippen LogP contribution in [0.5, 0.6) is 17.2 Å². The zero-order valence-corrected chi connectivity index (χ0v) is 15.2. The van der Waals surface area contributed by atoms with Gasteiger partial charge in [0.15, 0.2) is 11.5 Å². The van der Waals surface area contributed by atoms with Crippen molar-refractivity contribution in [1.29, 1.82) is 0 Å². The molecule has 2 N–H and O–H groups in total. The molecule has 7 nitrogen and oxygen atoms in total. The van der Waals surface area contributed by atoms with E-state index >= 15 is 0 Å². The van der Waals surface area contributed by atoms with E-state index in [1.165, 1.54) is 0 Å². The number of rotatable bonds is 5. The third kappa shape index (κ3) is 2.77. The lowest BCUT2D eigenvalue weighted by Crippen LogP contribution is -2.21. The first kappa shape index (κ1) is 17.0. The number of nitrogens with zero attached hydrogens (tertiary/aromatic N) is 1. The minimum Gasteiger partial charge on any atom is -0.497 e. The van der Waals surface area contributed by atoms with Crippen LogP contribution in [0.3, 0.4) is 0 Å². The van der Waals surface area contributed by atoms with E-state index in [2.05, 4.69) is 15.5 Å². The van der Waals surface area contributed by atoms with Crippen molar-refractivity contribution in [3.05, 3.63) is 59.3 Å². The first-order chi connectivity index (χ1) is 13.2. The molecule has 27 heavy (non-hydrogen) atoms. The summed E-state index contributed by atoms with van der Waals surface area (Å²) in [6.07, 6.45) is 0. The van der Waals surface area contributed by atoms with Gasteiger partial charge in [-0.15, -0.1) is 0 Å². The lowest BCUT2D eigenvalue weighted by molar-refractivity contribution is 0.0955. The van der Waals surface area contributed by atoms with Crippen LogP contribution in [-0.2, 0) is 0 Å². The van der Waals surface area contributed by atoms with Crippen molar-refractivity contribution >= 4 is 5.91 Å².